The van der Waals surface area contributed by atoms with Crippen LogP contribution in [-0.4, -0.2) is 9.38 Å². The maximum atomic E-state index is 5.08. The first kappa shape index (κ1) is 14.7. The Balaban J connectivity index is 2.00. The van der Waals surface area contributed by atoms with Gasteiger partial charge in [0.1, 0.15) is 5.65 Å². The smallest absolute Gasteiger partial charge is 0.147 e. The molecule has 0 aliphatic heterocycles. The van der Waals surface area contributed by atoms with Crippen LogP contribution in [-0.2, 0) is 6.42 Å². The van der Waals surface area contributed by atoms with Crippen LogP contribution in [0.1, 0.15) is 12.5 Å². The highest BCUT2D eigenvalue weighted by Gasteiger charge is 2.15. The maximum Gasteiger partial charge on any atom is 0.147 e. The van der Waals surface area contributed by atoms with Gasteiger partial charge in [0.15, 0.2) is 0 Å². The average Bonchev–Trinajstić information content (AvgIpc) is 3.12. The van der Waals surface area contributed by atoms with Crippen molar-refractivity contribution in [3.8, 4) is 0 Å². The first-order valence-corrected chi connectivity index (χ1v) is 9.48. The van der Waals surface area contributed by atoms with E-state index in [-0.39, 0.29) is 0 Å². The number of fused-ring (bicyclic) bond motifs is 10. The Bertz CT molecular complexity index is 1510. The van der Waals surface area contributed by atoms with E-state index < -0.39 is 0 Å². The van der Waals surface area contributed by atoms with Gasteiger partial charge in [-0.05, 0) is 46.3 Å². The summed E-state index contributed by atoms with van der Waals surface area (Å²) in [6.07, 6.45) is 1.03. The summed E-state index contributed by atoms with van der Waals surface area (Å²) in [6, 6.07) is 28.4. The minimum Gasteiger partial charge on any atom is -0.292 e. The highest BCUT2D eigenvalue weighted by Crippen LogP contribution is 2.36. The molecule has 0 fully saturated rings. The third-order valence-corrected chi connectivity index (χ3v) is 5.71. The molecule has 128 valence electrons. The molecule has 0 spiro atoms. The van der Waals surface area contributed by atoms with Crippen LogP contribution in [0.15, 0.2) is 78.9 Å². The molecular weight excluding hydrogens is 328 g/mol. The predicted molar refractivity (Wildman–Crippen MR) is 115 cm³/mol. The summed E-state index contributed by atoms with van der Waals surface area (Å²) < 4.78 is 2.35. The number of hydrogen-bond acceptors (Lipinski definition) is 1. The van der Waals surface area contributed by atoms with Gasteiger partial charge in [0.05, 0.1) is 16.6 Å². The Labute approximate surface area is 156 Å². The van der Waals surface area contributed by atoms with Crippen LogP contribution in [0.5, 0.6) is 0 Å². The van der Waals surface area contributed by atoms with Crippen molar-refractivity contribution in [1.82, 2.24) is 9.38 Å². The highest BCUT2D eigenvalue weighted by atomic mass is 15.0. The molecule has 0 aliphatic rings. The monoisotopic (exact) mass is 346 g/mol. The summed E-state index contributed by atoms with van der Waals surface area (Å²) in [4.78, 5) is 5.08. The minimum absolute atomic E-state index is 1.03. The van der Waals surface area contributed by atoms with Crippen molar-refractivity contribution in [2.75, 3.05) is 0 Å². The fourth-order valence-corrected chi connectivity index (χ4v) is 4.39. The predicted octanol–water partition coefficient (Wildman–Crippen LogP) is 6.51. The van der Waals surface area contributed by atoms with Gasteiger partial charge < -0.3 is 0 Å². The number of benzene rings is 4. The number of aromatic nitrogens is 2. The van der Waals surface area contributed by atoms with Gasteiger partial charge in [-0.15, -0.1) is 0 Å². The number of aryl methyl sites for hydroxylation is 1. The van der Waals surface area contributed by atoms with Gasteiger partial charge in [-0.1, -0.05) is 67.6 Å². The van der Waals surface area contributed by atoms with Crippen LogP contribution in [0.3, 0.4) is 0 Å². The van der Waals surface area contributed by atoms with E-state index in [0.29, 0.717) is 0 Å². The Morgan fingerprint density at radius 1 is 0.741 bits per heavy atom. The second-order valence-electron chi connectivity index (χ2n) is 7.17. The van der Waals surface area contributed by atoms with Crippen LogP contribution in [0.25, 0.3) is 49.1 Å². The Morgan fingerprint density at radius 2 is 1.56 bits per heavy atom. The van der Waals surface area contributed by atoms with Crippen LogP contribution in [0, 0.1) is 0 Å². The molecule has 0 bridgehead atoms. The summed E-state index contributed by atoms with van der Waals surface area (Å²) in [5.41, 5.74) is 5.84. The number of nitrogens with zero attached hydrogens (tertiary/aromatic N) is 2. The number of imidazole rings is 1. The molecule has 0 N–H and O–H groups in total. The second-order valence-corrected chi connectivity index (χ2v) is 7.17. The van der Waals surface area contributed by atoms with Gasteiger partial charge in [-0.25, -0.2) is 4.98 Å². The van der Waals surface area contributed by atoms with E-state index in [2.05, 4.69) is 90.2 Å². The lowest BCUT2D eigenvalue weighted by molar-refractivity contribution is 1.14. The zero-order chi connectivity index (χ0) is 18.0. The maximum absolute atomic E-state index is 5.08. The normalized spacial score (nSPS) is 12.0. The highest BCUT2D eigenvalue weighted by molar-refractivity contribution is 6.23. The SMILES string of the molecule is CCc1ccc2nc3c4c5ccccc5ccc4c4ccccc4n3c2c1. The van der Waals surface area contributed by atoms with Crippen LogP contribution < -0.4 is 0 Å². The average molecular weight is 346 g/mol. The lowest BCUT2D eigenvalue weighted by Gasteiger charge is -2.11. The van der Waals surface area contributed by atoms with Crippen LogP contribution in [0.4, 0.5) is 0 Å². The second kappa shape index (κ2) is 5.31. The summed E-state index contributed by atoms with van der Waals surface area (Å²) in [6.45, 7) is 2.20. The molecule has 6 rings (SSSR count). The van der Waals surface area contributed by atoms with Crippen molar-refractivity contribution in [2.24, 2.45) is 0 Å². The van der Waals surface area contributed by atoms with Gasteiger partial charge in [0.2, 0.25) is 0 Å². The molecule has 2 aromatic heterocycles. The van der Waals surface area contributed by atoms with Crippen molar-refractivity contribution in [2.45, 2.75) is 13.3 Å². The van der Waals surface area contributed by atoms with Gasteiger partial charge in [0.25, 0.3) is 0 Å². The molecule has 0 unspecified atom stereocenters. The molecule has 27 heavy (non-hydrogen) atoms. The minimum atomic E-state index is 1.03. The van der Waals surface area contributed by atoms with Crippen LogP contribution >= 0.6 is 0 Å². The van der Waals surface area contributed by atoms with E-state index in [1.807, 2.05) is 0 Å². The lowest BCUT2D eigenvalue weighted by Crippen LogP contribution is -1.92. The molecule has 0 aliphatic carbocycles. The largest absolute Gasteiger partial charge is 0.292 e. The molecule has 4 aromatic carbocycles. The van der Waals surface area contributed by atoms with Gasteiger partial charge in [-0.2, -0.15) is 0 Å². The molecule has 0 saturated heterocycles. The summed E-state index contributed by atoms with van der Waals surface area (Å²) in [5, 5.41) is 6.29. The van der Waals surface area contributed by atoms with E-state index in [1.165, 1.54) is 43.5 Å². The zero-order valence-electron chi connectivity index (χ0n) is 15.1. The van der Waals surface area contributed by atoms with E-state index in [9.17, 15) is 0 Å². The molecular formula is C25H18N2. The summed E-state index contributed by atoms with van der Waals surface area (Å²) in [7, 11) is 0. The fraction of sp³-hybridized carbons (Fsp3) is 0.0800. The molecule has 0 radical (unpaired) electrons. The van der Waals surface area contributed by atoms with Crippen molar-refractivity contribution < 1.29 is 0 Å². The van der Waals surface area contributed by atoms with E-state index in [4.69, 9.17) is 4.98 Å². The van der Waals surface area contributed by atoms with Gasteiger partial charge in [0, 0.05) is 10.8 Å². The molecule has 2 heteroatoms. The zero-order valence-corrected chi connectivity index (χ0v) is 15.1. The Hall–Kier alpha value is -3.39. The van der Waals surface area contributed by atoms with Gasteiger partial charge >= 0.3 is 0 Å². The summed E-state index contributed by atoms with van der Waals surface area (Å²) in [5.74, 6) is 0. The first-order valence-electron chi connectivity index (χ1n) is 9.48. The van der Waals surface area contributed by atoms with E-state index in [0.717, 1.165) is 17.6 Å². The Kier molecular flexibility index (Phi) is 2.90. The molecule has 0 saturated carbocycles. The first-order chi connectivity index (χ1) is 13.3. The lowest BCUT2D eigenvalue weighted by atomic mass is 9.99. The van der Waals surface area contributed by atoms with E-state index >= 15 is 0 Å². The third kappa shape index (κ3) is 1.93. The van der Waals surface area contributed by atoms with Crippen molar-refractivity contribution >= 4 is 49.1 Å². The van der Waals surface area contributed by atoms with Gasteiger partial charge in [-0.3, -0.25) is 4.40 Å². The van der Waals surface area contributed by atoms with Crippen molar-refractivity contribution in [1.29, 1.82) is 0 Å². The van der Waals surface area contributed by atoms with Crippen molar-refractivity contribution in [3.63, 3.8) is 0 Å². The molecule has 0 atom stereocenters. The molecule has 2 heterocycles. The van der Waals surface area contributed by atoms with E-state index in [1.54, 1.807) is 0 Å². The third-order valence-electron chi connectivity index (χ3n) is 5.71. The molecule has 0 amide bonds. The number of hydrogen-bond donors (Lipinski definition) is 0. The van der Waals surface area contributed by atoms with Crippen molar-refractivity contribution in [3.05, 3.63) is 84.4 Å². The standard InChI is InChI=1S/C25H18N2/c1-2-16-11-14-21-23(15-16)27-22-10-6-5-9-19(22)20-13-12-17-7-3-4-8-18(17)24(20)25(27)26-21/h3-15H,2H2,1H3. The number of pyridine rings is 1. The molecule has 2 nitrogen and oxygen atoms in total. The van der Waals surface area contributed by atoms with Crippen LogP contribution in [0.2, 0.25) is 0 Å². The Morgan fingerprint density at radius 3 is 2.44 bits per heavy atom. The summed E-state index contributed by atoms with van der Waals surface area (Å²) >= 11 is 0. The topological polar surface area (TPSA) is 17.3 Å². The quantitative estimate of drug-likeness (QED) is 0.310. The number of para-hydroxylation sites is 1. The fourth-order valence-electron chi connectivity index (χ4n) is 4.39. The number of rotatable bonds is 1. The molecule has 6 aromatic rings.